The van der Waals surface area contributed by atoms with Crippen molar-refractivity contribution in [2.45, 2.75) is 58.3 Å². The van der Waals surface area contributed by atoms with Gasteiger partial charge in [0.2, 0.25) is 27.2 Å². The lowest BCUT2D eigenvalue weighted by molar-refractivity contribution is 0.173. The van der Waals surface area contributed by atoms with Gasteiger partial charge in [-0.15, -0.1) is 0 Å². The van der Waals surface area contributed by atoms with Gasteiger partial charge in [0.15, 0.2) is 46.0 Å². The standard InChI is InChI=1S/C21H22N4O3.C21H24N4O2.2C20H20N4O3.C19H18N4O3/c1-13-9-24(10-14(2)22-13)16-4-6-20-23-17(8-21(26)25(20)11-16)15-3-5-18-19(7-15)28-12-27-18;1-21(2)14-24(11-10-22-21)16-6-9-19-23-18(12-20(26)25(19)13-16)15-4-7-17(27-3)8-5-15;1-22-6-8-23(9-7-22)15-3-5-19-21-16(11-20(25)24(19)12-15)14-2-4-17-18(10-14)27-13-26-17;1-13-10-23(7-6-21-13)15-3-5-19-22-16(9-20(25)24(19)11-15)14-2-4-17-18(8-14)27-12-26-17;24-19-10-15(13-1-3-16-17(9-13)26-12-25-16)21-18-4-2-14(11-23(18)19)22-7-5-20-6-8-22/h3-8,11,13-14,22H,9-10,12H2,1-2H3;4-9,12-13,22H,10-11,14H2,1-3H3;2-5,10-12H,6-9,13H2,1H3;2-5,8-9,11,13,21H,6-7,10,12H2,1H3;1-4,9-11,20H,5-8,12H2/t13-,14+;;;13-;/m...1./s1. The zero-order valence-electron chi connectivity index (χ0n) is 76.0. The summed E-state index contributed by atoms with van der Waals surface area (Å²) in [5.74, 6) is 6.35. The Morgan fingerprint density at radius 1 is 0.326 bits per heavy atom. The van der Waals surface area contributed by atoms with Crippen molar-refractivity contribution in [2.24, 2.45) is 0 Å². The van der Waals surface area contributed by atoms with Gasteiger partial charge in [0, 0.05) is 218 Å². The molecular formula is C101H104N20O14. The molecule has 19 heterocycles. The smallest absolute Gasteiger partial charge is 0.258 e. The van der Waals surface area contributed by atoms with Gasteiger partial charge in [-0.1, -0.05) is 0 Å². The van der Waals surface area contributed by atoms with Crippen molar-refractivity contribution in [1.29, 1.82) is 0 Å². The van der Waals surface area contributed by atoms with Crippen molar-refractivity contribution in [2.75, 3.05) is 171 Å². The van der Waals surface area contributed by atoms with Crippen LogP contribution in [0.1, 0.15) is 34.6 Å². The van der Waals surface area contributed by atoms with E-state index in [1.54, 1.807) is 59.4 Å². The normalized spacial score (nSPS) is 18.0. The minimum atomic E-state index is -0.101. The molecule has 15 aromatic rings. The maximum absolute atomic E-state index is 12.8. The summed E-state index contributed by atoms with van der Waals surface area (Å²) in [6, 6.07) is 58.7. The molecule has 9 aliphatic heterocycles. The third-order valence-electron chi connectivity index (χ3n) is 25.2. The molecule has 0 radical (unpaired) electrons. The lowest BCUT2D eigenvalue weighted by Crippen LogP contribution is -2.57. The molecule has 10 aromatic heterocycles. The lowest BCUT2D eigenvalue weighted by Gasteiger charge is -2.40. The molecule has 0 unspecified atom stereocenters. The van der Waals surface area contributed by atoms with Crippen LogP contribution in [0.5, 0.6) is 51.7 Å². The highest BCUT2D eigenvalue weighted by atomic mass is 16.7. The number of hydrogen-bond acceptors (Lipinski definition) is 29. The molecular weight excluding hydrogens is 1720 g/mol. The predicted molar refractivity (Wildman–Crippen MR) is 519 cm³/mol. The average molecular weight is 1820 g/mol. The number of benzene rings is 5. The quantitative estimate of drug-likeness (QED) is 0.0935. The van der Waals surface area contributed by atoms with Crippen molar-refractivity contribution in [1.82, 2.24) is 73.1 Å². The Balaban J connectivity index is 0.000000105. The fourth-order valence-corrected chi connectivity index (χ4v) is 18.2. The van der Waals surface area contributed by atoms with Gasteiger partial charge in [-0.05, 0) is 199 Å². The molecule has 4 N–H and O–H groups in total. The summed E-state index contributed by atoms with van der Waals surface area (Å²) >= 11 is 0. The average Bonchev–Trinajstić information content (AvgIpc) is 1.57. The van der Waals surface area contributed by atoms with E-state index in [0.717, 1.165) is 167 Å². The van der Waals surface area contributed by atoms with E-state index in [9.17, 15) is 24.0 Å². The number of nitrogens with zero attached hydrogens (tertiary/aromatic N) is 16. The molecule has 34 nitrogen and oxygen atoms in total. The van der Waals surface area contributed by atoms with Crippen LogP contribution >= 0.6 is 0 Å². The molecule has 34 heteroatoms. The topological polar surface area (TPSA) is 322 Å². The molecule has 9 aliphatic rings. The highest BCUT2D eigenvalue weighted by Gasteiger charge is 2.29. The van der Waals surface area contributed by atoms with E-state index < -0.39 is 0 Å². The van der Waals surface area contributed by atoms with Gasteiger partial charge < -0.3 is 93.3 Å². The molecule has 24 rings (SSSR count). The first-order valence-corrected chi connectivity index (χ1v) is 45.4. The number of pyridine rings is 5. The SMILES string of the molecule is CN1CCN(c2ccc3nc(-c4ccc5c(c4)OCO5)cc(=O)n3c2)CC1.COc1ccc(-c2cc(=O)n3cc(N4CCNC(C)(C)C4)ccc3n2)cc1.C[C@@H]1CN(c2ccc3nc(-c4ccc5c(c4)OCO5)cc(=O)n3c2)CCN1.C[C@@H]1CN(c2ccc3nc(-c4ccc5c(c4)OCO5)cc(=O)n3c2)C[C@H](C)N1.O=c1cc(-c2ccc3c(c2)OCO3)nc2ccc(N3CCNCC3)cn12. The highest BCUT2D eigenvalue weighted by Crippen LogP contribution is 2.40. The molecule has 0 amide bonds. The largest absolute Gasteiger partial charge is 0.497 e. The molecule has 3 atom stereocenters. The monoisotopic (exact) mass is 1820 g/mol. The summed E-state index contributed by atoms with van der Waals surface area (Å²) in [6.45, 7) is 26.9. The Morgan fingerprint density at radius 3 is 1.00 bits per heavy atom. The van der Waals surface area contributed by atoms with Crippen LogP contribution in [0.2, 0.25) is 0 Å². The predicted octanol–water partition coefficient (Wildman–Crippen LogP) is 10.1. The van der Waals surface area contributed by atoms with Crippen LogP contribution in [0.3, 0.4) is 0 Å². The van der Waals surface area contributed by atoms with Gasteiger partial charge in [-0.2, -0.15) is 0 Å². The van der Waals surface area contributed by atoms with E-state index >= 15 is 0 Å². The number of methoxy groups -OCH3 is 1. The van der Waals surface area contributed by atoms with Crippen molar-refractivity contribution < 1.29 is 42.6 Å². The van der Waals surface area contributed by atoms with E-state index in [-0.39, 0.29) is 60.5 Å². The molecule has 5 fully saturated rings. The van der Waals surface area contributed by atoms with E-state index in [1.165, 1.54) is 0 Å². The van der Waals surface area contributed by atoms with Gasteiger partial charge in [0.05, 0.1) is 64.0 Å². The number of nitrogens with one attached hydrogen (secondary N) is 4. The number of fused-ring (bicyclic) bond motifs is 9. The Hall–Kier alpha value is -15.1. The Morgan fingerprint density at radius 2 is 0.637 bits per heavy atom. The van der Waals surface area contributed by atoms with Crippen molar-refractivity contribution in [3.05, 3.63) is 271 Å². The maximum atomic E-state index is 12.8. The van der Waals surface area contributed by atoms with E-state index in [2.05, 4.69) is 117 Å². The van der Waals surface area contributed by atoms with Gasteiger partial charge in [0.1, 0.15) is 34.0 Å². The van der Waals surface area contributed by atoms with E-state index in [4.69, 9.17) is 42.6 Å². The number of hydrogen-bond donors (Lipinski definition) is 4. The number of rotatable bonds is 11. The Bertz CT molecular complexity index is 7310. The fraction of sp³-hybridized carbons (Fsp3) is 0.307. The molecule has 0 bridgehead atoms. The van der Waals surface area contributed by atoms with Gasteiger partial charge >= 0.3 is 0 Å². The molecule has 5 saturated heterocycles. The second-order valence-electron chi connectivity index (χ2n) is 35.4. The van der Waals surface area contributed by atoms with Crippen LogP contribution in [0.4, 0.5) is 28.4 Å². The van der Waals surface area contributed by atoms with Crippen LogP contribution in [-0.2, 0) is 0 Å². The summed E-state index contributed by atoms with van der Waals surface area (Å²) in [5.41, 5.74) is 15.3. The zero-order valence-corrected chi connectivity index (χ0v) is 76.0. The highest BCUT2D eigenvalue weighted by molar-refractivity contribution is 5.72. The minimum absolute atomic E-state index is 0.0502. The summed E-state index contributed by atoms with van der Waals surface area (Å²) in [5, 5.41) is 13.8. The van der Waals surface area contributed by atoms with Crippen molar-refractivity contribution >= 4 is 56.7 Å². The molecule has 135 heavy (non-hydrogen) atoms. The molecule has 692 valence electrons. The first kappa shape index (κ1) is 87.9. The van der Waals surface area contributed by atoms with Crippen LogP contribution in [0.15, 0.2) is 243 Å². The minimum Gasteiger partial charge on any atom is -0.497 e. The lowest BCUT2D eigenvalue weighted by atomic mass is 10.0. The van der Waals surface area contributed by atoms with Crippen molar-refractivity contribution in [3.63, 3.8) is 0 Å². The maximum Gasteiger partial charge on any atom is 0.258 e. The van der Waals surface area contributed by atoms with Gasteiger partial charge in [-0.25, -0.2) is 24.9 Å². The first-order valence-electron chi connectivity index (χ1n) is 45.4. The number of ether oxygens (including phenoxy) is 9. The van der Waals surface area contributed by atoms with E-state index in [0.29, 0.717) is 121 Å². The summed E-state index contributed by atoms with van der Waals surface area (Å²) in [4.78, 5) is 101. The second kappa shape index (κ2) is 37.9. The molecule has 0 saturated carbocycles. The number of likely N-dealkylation sites (N-methyl/N-ethyl adjacent to an activating group) is 1. The molecule has 5 aromatic carbocycles. The van der Waals surface area contributed by atoms with Gasteiger partial charge in [0.25, 0.3) is 27.8 Å². The van der Waals surface area contributed by atoms with Crippen LogP contribution in [-0.4, -0.2) is 222 Å². The van der Waals surface area contributed by atoms with E-state index in [1.807, 2.05) is 189 Å². The molecule has 0 spiro atoms. The summed E-state index contributed by atoms with van der Waals surface area (Å²) < 4.78 is 56.3. The number of piperazine rings is 5. The Labute approximate surface area is 776 Å². The number of aromatic nitrogens is 10. The molecule has 0 aliphatic carbocycles. The third kappa shape index (κ3) is 19.3. The Kier molecular flexibility index (Phi) is 24.6. The van der Waals surface area contributed by atoms with Crippen LogP contribution < -0.4 is 116 Å². The zero-order chi connectivity index (χ0) is 92.5. The van der Waals surface area contributed by atoms with Gasteiger partial charge in [-0.3, -0.25) is 46.0 Å². The van der Waals surface area contributed by atoms with Crippen molar-refractivity contribution in [3.8, 4) is 108 Å². The third-order valence-corrected chi connectivity index (χ3v) is 25.2. The fourth-order valence-electron chi connectivity index (χ4n) is 18.2. The first-order chi connectivity index (χ1) is 65.6. The van der Waals surface area contributed by atoms with Crippen LogP contribution in [0, 0.1) is 0 Å². The number of anilines is 5. The van der Waals surface area contributed by atoms with Crippen LogP contribution in [0.25, 0.3) is 84.5 Å². The summed E-state index contributed by atoms with van der Waals surface area (Å²) in [7, 11) is 3.76. The second-order valence-corrected chi connectivity index (χ2v) is 35.4. The summed E-state index contributed by atoms with van der Waals surface area (Å²) in [6.07, 6.45) is 9.42.